The molecule has 1 aliphatic rings. The molecule has 0 saturated carbocycles. The Morgan fingerprint density at radius 3 is 2.86 bits per heavy atom. The van der Waals surface area contributed by atoms with Crippen molar-refractivity contribution in [2.75, 3.05) is 18.4 Å². The maximum Gasteiger partial charge on any atom is 0.268 e. The standard InChI is InChI=1S/C26H31N5O4S/c1-16-27-12-21(35-16)22-8-9-23(36-22)24(33)29-25-28-19-11-17(13-30-10-4-5-18(32)14-30)6-7-20(19)31(25)15-26(2,3)34/h6-9,11-12,18,32,34H,4-5,10,13-15H2,1-3H3,(H,28,29,33). The van der Waals surface area contributed by atoms with Crippen LogP contribution < -0.4 is 5.32 Å². The van der Waals surface area contributed by atoms with E-state index in [0.29, 0.717) is 29.0 Å². The van der Waals surface area contributed by atoms with Gasteiger partial charge >= 0.3 is 0 Å². The first-order valence-corrected chi connectivity index (χ1v) is 12.9. The van der Waals surface area contributed by atoms with Crippen LogP contribution in [-0.4, -0.2) is 60.3 Å². The van der Waals surface area contributed by atoms with Crippen molar-refractivity contribution in [3.63, 3.8) is 0 Å². The van der Waals surface area contributed by atoms with Crippen LogP contribution in [-0.2, 0) is 13.1 Å². The van der Waals surface area contributed by atoms with Gasteiger partial charge in [0.25, 0.3) is 5.91 Å². The molecule has 9 nitrogen and oxygen atoms in total. The normalized spacial score (nSPS) is 17.1. The number of fused-ring (bicyclic) bond motifs is 1. The number of hydrogen-bond donors (Lipinski definition) is 3. The summed E-state index contributed by atoms with van der Waals surface area (Å²) in [4.78, 5) is 25.6. The lowest BCUT2D eigenvalue weighted by Crippen LogP contribution is -2.37. The number of aliphatic hydroxyl groups excluding tert-OH is 1. The number of amides is 1. The van der Waals surface area contributed by atoms with Gasteiger partial charge in [-0.05, 0) is 63.1 Å². The molecule has 0 bridgehead atoms. The second kappa shape index (κ2) is 9.78. The van der Waals surface area contributed by atoms with Crippen LogP contribution in [0.1, 0.15) is 47.8 Å². The number of hydrogen-bond acceptors (Lipinski definition) is 8. The molecule has 36 heavy (non-hydrogen) atoms. The Labute approximate surface area is 213 Å². The van der Waals surface area contributed by atoms with Gasteiger partial charge < -0.3 is 19.2 Å². The largest absolute Gasteiger partial charge is 0.440 e. The van der Waals surface area contributed by atoms with Crippen LogP contribution in [0, 0.1) is 6.92 Å². The average molecular weight is 510 g/mol. The number of piperidine rings is 1. The van der Waals surface area contributed by atoms with E-state index < -0.39 is 5.60 Å². The van der Waals surface area contributed by atoms with E-state index in [1.807, 2.05) is 28.8 Å². The lowest BCUT2D eigenvalue weighted by atomic mass is 10.1. The predicted molar refractivity (Wildman–Crippen MR) is 139 cm³/mol. The van der Waals surface area contributed by atoms with Gasteiger partial charge in [-0.25, -0.2) is 9.97 Å². The summed E-state index contributed by atoms with van der Waals surface area (Å²) in [5.74, 6) is 1.30. The Hall–Kier alpha value is -3.05. The van der Waals surface area contributed by atoms with Crippen molar-refractivity contribution in [3.05, 3.63) is 52.9 Å². The first-order chi connectivity index (χ1) is 17.1. The number of aliphatic hydroxyl groups is 2. The van der Waals surface area contributed by atoms with Crippen molar-refractivity contribution in [1.82, 2.24) is 19.4 Å². The van der Waals surface area contributed by atoms with Crippen molar-refractivity contribution in [2.24, 2.45) is 0 Å². The van der Waals surface area contributed by atoms with Crippen molar-refractivity contribution in [2.45, 2.75) is 58.4 Å². The van der Waals surface area contributed by atoms with Gasteiger partial charge in [-0.3, -0.25) is 15.0 Å². The zero-order valence-corrected chi connectivity index (χ0v) is 21.5. The summed E-state index contributed by atoms with van der Waals surface area (Å²) >= 11 is 1.32. The summed E-state index contributed by atoms with van der Waals surface area (Å²) in [5, 5.41) is 23.5. The number of nitrogens with one attached hydrogen (secondary N) is 1. The fourth-order valence-electron chi connectivity index (χ4n) is 4.58. The number of thiophene rings is 1. The quantitative estimate of drug-likeness (QED) is 0.344. The van der Waals surface area contributed by atoms with Gasteiger partial charge in [0.1, 0.15) is 0 Å². The van der Waals surface area contributed by atoms with Gasteiger partial charge in [0.15, 0.2) is 11.7 Å². The molecule has 10 heteroatoms. The molecule has 1 saturated heterocycles. The second-order valence-corrected chi connectivity index (χ2v) is 11.1. The minimum Gasteiger partial charge on any atom is -0.440 e. The third kappa shape index (κ3) is 5.52. The molecular formula is C26H31N5O4S. The van der Waals surface area contributed by atoms with Crippen molar-refractivity contribution < 1.29 is 19.4 Å². The van der Waals surface area contributed by atoms with Crippen LogP contribution in [0.2, 0.25) is 0 Å². The third-order valence-corrected chi connectivity index (χ3v) is 7.26. The van der Waals surface area contributed by atoms with Crippen molar-refractivity contribution in [3.8, 4) is 10.6 Å². The highest BCUT2D eigenvalue weighted by atomic mass is 32.1. The Kier molecular flexibility index (Phi) is 6.69. The number of oxazole rings is 1. The van der Waals surface area contributed by atoms with Gasteiger partial charge in [0.05, 0.1) is 45.2 Å². The molecule has 1 fully saturated rings. The maximum atomic E-state index is 13.1. The number of imidazole rings is 1. The number of likely N-dealkylation sites (tertiary alicyclic amines) is 1. The number of aromatic nitrogens is 3. The molecule has 0 spiro atoms. The molecule has 3 N–H and O–H groups in total. The summed E-state index contributed by atoms with van der Waals surface area (Å²) in [6, 6.07) is 9.63. The molecule has 0 radical (unpaired) electrons. The van der Waals surface area contributed by atoms with Crippen molar-refractivity contribution >= 4 is 34.2 Å². The molecule has 1 aromatic carbocycles. The number of benzene rings is 1. The highest BCUT2D eigenvalue weighted by molar-refractivity contribution is 7.17. The minimum absolute atomic E-state index is 0.268. The minimum atomic E-state index is -1.00. The molecule has 1 amide bonds. The number of β-amino-alcohol motifs (C(OH)–C–C–N with tert-alkyl or cyclic N) is 1. The van der Waals surface area contributed by atoms with Gasteiger partial charge in [-0.15, -0.1) is 11.3 Å². The molecule has 1 atom stereocenters. The molecule has 3 aromatic heterocycles. The van der Waals surface area contributed by atoms with Crippen LogP contribution in [0.4, 0.5) is 5.95 Å². The van der Waals surface area contributed by atoms with Crippen LogP contribution in [0.15, 0.2) is 40.9 Å². The molecule has 0 aliphatic carbocycles. The zero-order valence-electron chi connectivity index (χ0n) is 20.7. The number of anilines is 1. The maximum absolute atomic E-state index is 13.1. The smallest absolute Gasteiger partial charge is 0.268 e. The molecule has 190 valence electrons. The lowest BCUT2D eigenvalue weighted by molar-refractivity contribution is 0.0630. The Balaban J connectivity index is 1.41. The number of carbonyl (C=O) groups is 1. The predicted octanol–water partition coefficient (Wildman–Crippen LogP) is 4.04. The second-order valence-electron chi connectivity index (χ2n) is 10.0. The van der Waals surface area contributed by atoms with Gasteiger partial charge in [-0.1, -0.05) is 6.07 Å². The number of carbonyl (C=O) groups excluding carboxylic acids is 1. The lowest BCUT2D eigenvalue weighted by Gasteiger charge is -2.29. The summed E-state index contributed by atoms with van der Waals surface area (Å²) in [5.41, 5.74) is 1.66. The summed E-state index contributed by atoms with van der Waals surface area (Å²) in [7, 11) is 0. The Bertz CT molecular complexity index is 1380. The van der Waals surface area contributed by atoms with Crippen LogP contribution >= 0.6 is 11.3 Å². The van der Waals surface area contributed by atoms with E-state index in [0.717, 1.165) is 47.4 Å². The van der Waals surface area contributed by atoms with Gasteiger partial charge in [0, 0.05) is 20.0 Å². The number of aryl methyl sites for hydroxylation is 1. The first-order valence-electron chi connectivity index (χ1n) is 12.1. The topological polar surface area (TPSA) is 117 Å². The fourth-order valence-corrected chi connectivity index (χ4v) is 5.43. The van der Waals surface area contributed by atoms with Gasteiger partial charge in [0.2, 0.25) is 5.95 Å². The fraction of sp³-hybridized carbons (Fsp3) is 0.423. The monoisotopic (exact) mass is 509 g/mol. The zero-order chi connectivity index (χ0) is 25.4. The summed E-state index contributed by atoms with van der Waals surface area (Å²) < 4.78 is 7.42. The SMILES string of the molecule is Cc1ncc(-c2ccc(C(=O)Nc3nc4cc(CN5CCCC(O)C5)ccc4n3CC(C)(C)O)s2)o1. The molecule has 4 heterocycles. The molecule has 4 aromatic rings. The van der Waals surface area contributed by atoms with E-state index in [-0.39, 0.29) is 18.6 Å². The van der Waals surface area contributed by atoms with E-state index >= 15 is 0 Å². The van der Waals surface area contributed by atoms with Crippen molar-refractivity contribution in [1.29, 1.82) is 0 Å². The molecule has 1 aliphatic heterocycles. The average Bonchev–Trinajstić information content (AvgIpc) is 3.52. The summed E-state index contributed by atoms with van der Waals surface area (Å²) in [6.07, 6.45) is 3.21. The highest BCUT2D eigenvalue weighted by Gasteiger charge is 2.23. The van der Waals surface area contributed by atoms with E-state index in [2.05, 4.69) is 15.2 Å². The number of rotatable bonds is 7. The van der Waals surface area contributed by atoms with E-state index in [1.165, 1.54) is 11.3 Å². The molecule has 1 unspecified atom stereocenters. The van der Waals surface area contributed by atoms with Crippen LogP contribution in [0.3, 0.4) is 0 Å². The van der Waals surface area contributed by atoms with E-state index in [1.54, 1.807) is 33.0 Å². The molecular weight excluding hydrogens is 478 g/mol. The Morgan fingerprint density at radius 1 is 1.31 bits per heavy atom. The van der Waals surface area contributed by atoms with Gasteiger partial charge in [-0.2, -0.15) is 0 Å². The van der Waals surface area contributed by atoms with E-state index in [9.17, 15) is 15.0 Å². The van der Waals surface area contributed by atoms with Crippen LogP contribution in [0.5, 0.6) is 0 Å². The van der Waals surface area contributed by atoms with E-state index in [4.69, 9.17) is 9.40 Å². The Morgan fingerprint density at radius 2 is 2.14 bits per heavy atom. The number of nitrogens with zero attached hydrogens (tertiary/aromatic N) is 4. The third-order valence-electron chi connectivity index (χ3n) is 6.16. The van der Waals surface area contributed by atoms with Crippen LogP contribution in [0.25, 0.3) is 21.7 Å². The molecule has 5 rings (SSSR count). The summed E-state index contributed by atoms with van der Waals surface area (Å²) in [6.45, 7) is 7.86. The first kappa shape index (κ1) is 24.6. The highest BCUT2D eigenvalue weighted by Crippen LogP contribution is 2.30.